The molecule has 0 spiro atoms. The second-order valence-electron chi connectivity index (χ2n) is 5.18. The van der Waals surface area contributed by atoms with E-state index >= 15 is 0 Å². The van der Waals surface area contributed by atoms with Crippen LogP contribution in [0, 0.1) is 5.41 Å². The van der Waals surface area contributed by atoms with Crippen LogP contribution in [-0.4, -0.2) is 40.0 Å². The molecule has 1 aromatic rings. The van der Waals surface area contributed by atoms with Crippen molar-refractivity contribution in [2.75, 3.05) is 13.2 Å². The molecule has 0 saturated carbocycles. The number of alkyl carbamates (subject to hydrolysis) is 1. The average molecular weight is 255 g/mol. The lowest BCUT2D eigenvalue weighted by atomic mass is 9.86. The van der Waals surface area contributed by atoms with Crippen LogP contribution < -0.4 is 5.32 Å². The first-order chi connectivity index (χ1) is 8.43. The largest absolute Gasteiger partial charge is 0.447 e. The highest BCUT2D eigenvalue weighted by atomic mass is 16.6. The number of nitrogens with one attached hydrogen (secondary N) is 1. The standard InChI is InChI=1S/C12H21N3O3/c1-12(2,3)10(8-15-5-4-13-9-15)14-11(17)18-7-6-16/h4-5,9-10,16H,6-8H2,1-3H3,(H,14,17). The topological polar surface area (TPSA) is 76.4 Å². The summed E-state index contributed by atoms with van der Waals surface area (Å²) in [6, 6.07) is -0.0853. The molecule has 0 radical (unpaired) electrons. The first-order valence-corrected chi connectivity index (χ1v) is 5.93. The Hall–Kier alpha value is -1.56. The van der Waals surface area contributed by atoms with E-state index in [1.165, 1.54) is 0 Å². The monoisotopic (exact) mass is 255 g/mol. The molecule has 0 saturated heterocycles. The van der Waals surface area contributed by atoms with Gasteiger partial charge in [-0.15, -0.1) is 0 Å². The fourth-order valence-corrected chi connectivity index (χ4v) is 1.46. The van der Waals surface area contributed by atoms with Crippen LogP contribution in [-0.2, 0) is 11.3 Å². The molecule has 0 fully saturated rings. The summed E-state index contributed by atoms with van der Waals surface area (Å²) >= 11 is 0. The summed E-state index contributed by atoms with van der Waals surface area (Å²) in [5.41, 5.74) is -0.109. The molecular formula is C12H21N3O3. The van der Waals surface area contributed by atoms with Gasteiger partial charge in [0.15, 0.2) is 0 Å². The van der Waals surface area contributed by atoms with Gasteiger partial charge in [0.05, 0.1) is 19.0 Å². The lowest BCUT2D eigenvalue weighted by Crippen LogP contribution is -2.46. The molecule has 1 rings (SSSR count). The second kappa shape index (κ2) is 6.39. The molecule has 0 aliphatic carbocycles. The molecule has 102 valence electrons. The summed E-state index contributed by atoms with van der Waals surface area (Å²) < 4.78 is 6.72. The number of amides is 1. The van der Waals surface area contributed by atoms with Gasteiger partial charge in [0, 0.05) is 18.9 Å². The molecule has 2 N–H and O–H groups in total. The molecule has 18 heavy (non-hydrogen) atoms. The Morgan fingerprint density at radius 2 is 2.28 bits per heavy atom. The molecule has 1 unspecified atom stereocenters. The highest BCUT2D eigenvalue weighted by Gasteiger charge is 2.27. The van der Waals surface area contributed by atoms with Gasteiger partial charge in [0.25, 0.3) is 0 Å². The van der Waals surface area contributed by atoms with Crippen LogP contribution in [0.15, 0.2) is 18.7 Å². The summed E-state index contributed by atoms with van der Waals surface area (Å²) in [7, 11) is 0. The van der Waals surface area contributed by atoms with Gasteiger partial charge in [-0.05, 0) is 5.41 Å². The van der Waals surface area contributed by atoms with Gasteiger partial charge in [-0.1, -0.05) is 20.8 Å². The minimum Gasteiger partial charge on any atom is -0.447 e. The minimum absolute atomic E-state index is 0.00771. The van der Waals surface area contributed by atoms with Crippen molar-refractivity contribution in [3.8, 4) is 0 Å². The van der Waals surface area contributed by atoms with E-state index in [0.717, 1.165) is 0 Å². The quantitative estimate of drug-likeness (QED) is 0.823. The van der Waals surface area contributed by atoms with E-state index < -0.39 is 6.09 Å². The Morgan fingerprint density at radius 3 is 2.78 bits per heavy atom. The third-order valence-corrected chi connectivity index (χ3v) is 2.61. The van der Waals surface area contributed by atoms with Crippen molar-refractivity contribution in [3.05, 3.63) is 18.7 Å². The number of aliphatic hydroxyl groups is 1. The minimum atomic E-state index is -0.510. The SMILES string of the molecule is CC(C)(C)C(Cn1ccnc1)NC(=O)OCCO. The maximum atomic E-state index is 11.5. The van der Waals surface area contributed by atoms with Crippen molar-refractivity contribution in [2.24, 2.45) is 5.41 Å². The predicted molar refractivity (Wildman–Crippen MR) is 67.0 cm³/mol. The van der Waals surface area contributed by atoms with E-state index in [1.807, 2.05) is 31.5 Å². The van der Waals surface area contributed by atoms with Crippen LogP contribution >= 0.6 is 0 Å². The van der Waals surface area contributed by atoms with Gasteiger partial charge < -0.3 is 19.7 Å². The second-order valence-corrected chi connectivity index (χ2v) is 5.18. The normalized spacial score (nSPS) is 13.1. The molecule has 6 heteroatoms. The molecule has 6 nitrogen and oxygen atoms in total. The summed E-state index contributed by atoms with van der Waals surface area (Å²) in [4.78, 5) is 15.5. The number of aromatic nitrogens is 2. The van der Waals surface area contributed by atoms with E-state index in [4.69, 9.17) is 9.84 Å². The number of nitrogens with zero attached hydrogens (tertiary/aromatic N) is 2. The first-order valence-electron chi connectivity index (χ1n) is 5.93. The molecule has 1 heterocycles. The Bertz CT molecular complexity index is 357. The van der Waals surface area contributed by atoms with Crippen LogP contribution in [0.3, 0.4) is 0 Å². The van der Waals surface area contributed by atoms with Crippen molar-refractivity contribution >= 4 is 6.09 Å². The van der Waals surface area contributed by atoms with Crippen molar-refractivity contribution in [1.82, 2.24) is 14.9 Å². The van der Waals surface area contributed by atoms with Crippen LogP contribution in [0.2, 0.25) is 0 Å². The average Bonchev–Trinajstić information content (AvgIpc) is 2.77. The zero-order valence-electron chi connectivity index (χ0n) is 11.1. The Kier molecular flexibility index (Phi) is 5.15. The zero-order chi connectivity index (χ0) is 13.6. The van der Waals surface area contributed by atoms with Crippen molar-refractivity contribution in [3.63, 3.8) is 0 Å². The van der Waals surface area contributed by atoms with E-state index in [-0.39, 0.29) is 24.7 Å². The summed E-state index contributed by atoms with van der Waals surface area (Å²) in [5, 5.41) is 11.4. The number of carbonyl (C=O) groups is 1. The first kappa shape index (κ1) is 14.5. The predicted octanol–water partition coefficient (Wildman–Crippen LogP) is 1.02. The van der Waals surface area contributed by atoms with Gasteiger partial charge in [0.2, 0.25) is 0 Å². The highest BCUT2D eigenvalue weighted by Crippen LogP contribution is 2.20. The van der Waals surface area contributed by atoms with Crippen LogP contribution in [0.5, 0.6) is 0 Å². The van der Waals surface area contributed by atoms with Gasteiger partial charge >= 0.3 is 6.09 Å². The number of carbonyl (C=O) groups excluding carboxylic acids is 1. The van der Waals surface area contributed by atoms with Gasteiger partial charge in [-0.2, -0.15) is 0 Å². The van der Waals surface area contributed by atoms with Crippen LogP contribution in [0.1, 0.15) is 20.8 Å². The smallest absolute Gasteiger partial charge is 0.407 e. The lowest BCUT2D eigenvalue weighted by Gasteiger charge is -2.31. The lowest BCUT2D eigenvalue weighted by molar-refractivity contribution is 0.107. The summed E-state index contributed by atoms with van der Waals surface area (Å²) in [6.45, 7) is 6.59. The van der Waals surface area contributed by atoms with E-state index in [9.17, 15) is 4.79 Å². The number of ether oxygens (including phenoxy) is 1. The number of hydrogen-bond donors (Lipinski definition) is 2. The maximum absolute atomic E-state index is 11.5. The molecule has 1 atom stereocenters. The van der Waals surface area contributed by atoms with Gasteiger partial charge in [0.1, 0.15) is 6.61 Å². The molecule has 0 aromatic carbocycles. The maximum Gasteiger partial charge on any atom is 0.407 e. The Labute approximate surface area is 107 Å². The molecule has 0 aliphatic heterocycles. The van der Waals surface area contributed by atoms with E-state index in [1.54, 1.807) is 12.5 Å². The molecular weight excluding hydrogens is 234 g/mol. The molecule has 1 aromatic heterocycles. The number of aliphatic hydroxyl groups excluding tert-OH is 1. The van der Waals surface area contributed by atoms with Gasteiger partial charge in [-0.25, -0.2) is 9.78 Å². The summed E-state index contributed by atoms with van der Waals surface area (Å²) in [6.07, 6.45) is 4.74. The van der Waals surface area contributed by atoms with Gasteiger partial charge in [-0.3, -0.25) is 0 Å². The third kappa shape index (κ3) is 4.75. The third-order valence-electron chi connectivity index (χ3n) is 2.61. The number of rotatable bonds is 5. The highest BCUT2D eigenvalue weighted by molar-refractivity contribution is 5.67. The number of hydrogen-bond acceptors (Lipinski definition) is 4. The Morgan fingerprint density at radius 1 is 1.56 bits per heavy atom. The molecule has 1 amide bonds. The zero-order valence-corrected chi connectivity index (χ0v) is 11.1. The fourth-order valence-electron chi connectivity index (χ4n) is 1.46. The van der Waals surface area contributed by atoms with E-state index in [2.05, 4.69) is 10.3 Å². The van der Waals surface area contributed by atoms with Crippen LogP contribution in [0.25, 0.3) is 0 Å². The van der Waals surface area contributed by atoms with Crippen molar-refractivity contribution < 1.29 is 14.6 Å². The molecule has 0 bridgehead atoms. The van der Waals surface area contributed by atoms with Crippen LogP contribution in [0.4, 0.5) is 4.79 Å². The number of imidazole rings is 1. The Balaban J connectivity index is 2.59. The van der Waals surface area contributed by atoms with E-state index in [0.29, 0.717) is 6.54 Å². The van der Waals surface area contributed by atoms with Crippen molar-refractivity contribution in [1.29, 1.82) is 0 Å². The van der Waals surface area contributed by atoms with Crippen molar-refractivity contribution in [2.45, 2.75) is 33.4 Å². The summed E-state index contributed by atoms with van der Waals surface area (Å²) in [5.74, 6) is 0. The molecule has 0 aliphatic rings. The fraction of sp³-hybridized carbons (Fsp3) is 0.667.